The molecule has 1 N–H and O–H groups in total. The van der Waals surface area contributed by atoms with Gasteiger partial charge in [-0.15, -0.1) is 0 Å². The highest BCUT2D eigenvalue weighted by atomic mass is 15.4. The van der Waals surface area contributed by atoms with E-state index in [4.69, 9.17) is 0 Å². The van der Waals surface area contributed by atoms with Crippen LogP contribution in [0.2, 0.25) is 0 Å². The van der Waals surface area contributed by atoms with Crippen LogP contribution in [0.3, 0.4) is 0 Å². The summed E-state index contributed by atoms with van der Waals surface area (Å²) < 4.78 is 0. The zero-order valence-corrected chi connectivity index (χ0v) is 15.0. The van der Waals surface area contributed by atoms with Crippen LogP contribution in [0.5, 0.6) is 0 Å². The van der Waals surface area contributed by atoms with Crippen molar-refractivity contribution in [2.45, 2.75) is 38.1 Å². The molecule has 0 spiro atoms. The molecule has 2 saturated heterocycles. The number of likely N-dealkylation sites (N-methyl/N-ethyl adjacent to an activating group) is 1. The van der Waals surface area contributed by atoms with Gasteiger partial charge in [0.25, 0.3) is 0 Å². The van der Waals surface area contributed by atoms with Crippen molar-refractivity contribution < 1.29 is 0 Å². The summed E-state index contributed by atoms with van der Waals surface area (Å²) in [6.07, 6.45) is 3.42. The molecule has 1 aromatic carbocycles. The zero-order chi connectivity index (χ0) is 17.3. The summed E-state index contributed by atoms with van der Waals surface area (Å²) in [7, 11) is 1.93. The third-order valence-electron chi connectivity index (χ3n) is 5.50. The Morgan fingerprint density at radius 2 is 2.00 bits per heavy atom. The van der Waals surface area contributed by atoms with Crippen LogP contribution in [0, 0.1) is 6.92 Å². The van der Waals surface area contributed by atoms with Crippen molar-refractivity contribution in [1.82, 2.24) is 15.1 Å². The van der Waals surface area contributed by atoms with Crippen molar-refractivity contribution in [3.63, 3.8) is 0 Å². The lowest BCUT2D eigenvalue weighted by Crippen LogP contribution is -2.52. The Morgan fingerprint density at radius 1 is 1.25 bits per heavy atom. The quantitative estimate of drug-likeness (QED) is 0.884. The number of rotatable bonds is 5. The topological polar surface area (TPSA) is 18.5 Å². The van der Waals surface area contributed by atoms with Gasteiger partial charge in [0, 0.05) is 43.9 Å². The normalized spacial score (nSPS) is 23.7. The highest BCUT2D eigenvalue weighted by Crippen LogP contribution is 2.38. The van der Waals surface area contributed by atoms with E-state index in [-0.39, 0.29) is 6.04 Å². The van der Waals surface area contributed by atoms with Gasteiger partial charge >= 0.3 is 0 Å². The van der Waals surface area contributed by atoms with Gasteiger partial charge in [0.15, 0.2) is 0 Å². The first-order valence-electron chi connectivity index (χ1n) is 8.86. The van der Waals surface area contributed by atoms with Crippen LogP contribution in [0.4, 0.5) is 0 Å². The second kappa shape index (κ2) is 6.76. The van der Waals surface area contributed by atoms with Gasteiger partial charge in [0.2, 0.25) is 0 Å². The Kier molecular flexibility index (Phi) is 4.70. The maximum Gasteiger partial charge on any atom is 0.101 e. The average Bonchev–Trinajstić information content (AvgIpc) is 2.59. The predicted molar refractivity (Wildman–Crippen MR) is 101 cm³/mol. The number of nitrogens with zero attached hydrogens (tertiary/aromatic N) is 2. The lowest BCUT2D eigenvalue weighted by atomic mass is 9.87. The number of likely N-dealkylation sites (tertiary alicyclic amines) is 2. The molecule has 2 unspecified atom stereocenters. The molecule has 0 radical (unpaired) electrons. The molecule has 3 heteroatoms. The van der Waals surface area contributed by atoms with E-state index in [1.54, 1.807) is 0 Å². The first-order valence-corrected chi connectivity index (χ1v) is 8.86. The molecule has 0 amide bonds. The minimum atomic E-state index is 0.286. The summed E-state index contributed by atoms with van der Waals surface area (Å²) in [5.41, 5.74) is 5.05. The van der Waals surface area contributed by atoms with Gasteiger partial charge in [-0.05, 0) is 30.9 Å². The summed E-state index contributed by atoms with van der Waals surface area (Å²) in [6, 6.07) is 9.05. The van der Waals surface area contributed by atoms with Gasteiger partial charge < -0.3 is 15.1 Å². The molecule has 3 nitrogen and oxygen atoms in total. The van der Waals surface area contributed by atoms with Crippen molar-refractivity contribution in [3.8, 4) is 0 Å². The lowest BCUT2D eigenvalue weighted by Gasteiger charge is -2.50. The molecule has 2 aliphatic rings. The second-order valence-corrected chi connectivity index (χ2v) is 6.99. The molecule has 0 bridgehead atoms. The minimum absolute atomic E-state index is 0.286. The van der Waals surface area contributed by atoms with E-state index < -0.39 is 0 Å². The summed E-state index contributed by atoms with van der Waals surface area (Å²) in [5.74, 6) is 1.66. The van der Waals surface area contributed by atoms with E-state index in [1.165, 1.54) is 24.0 Å². The van der Waals surface area contributed by atoms with Crippen LogP contribution < -0.4 is 5.32 Å². The molecule has 2 aliphatic heterocycles. The standard InChI is InChI=1S/C21H29N3/c1-15-9-6-7-11-20(15)19-10-8-12-23(14-19)18(4)24-16(2)13-21(24)17(3)22-5/h6-7,9,11,19,21-22H,2-4,8,10,12-14H2,1,5H3. The lowest BCUT2D eigenvalue weighted by molar-refractivity contribution is 0.134. The van der Waals surface area contributed by atoms with Crippen LogP contribution >= 0.6 is 0 Å². The van der Waals surface area contributed by atoms with Crippen LogP contribution in [0.1, 0.15) is 36.3 Å². The van der Waals surface area contributed by atoms with Crippen molar-refractivity contribution in [2.75, 3.05) is 20.1 Å². The fourth-order valence-electron chi connectivity index (χ4n) is 3.99. The van der Waals surface area contributed by atoms with Crippen molar-refractivity contribution in [1.29, 1.82) is 0 Å². The monoisotopic (exact) mass is 323 g/mol. The molecule has 0 saturated carbocycles. The number of piperidine rings is 1. The third kappa shape index (κ3) is 2.95. The van der Waals surface area contributed by atoms with Gasteiger partial charge in [-0.3, -0.25) is 0 Å². The van der Waals surface area contributed by atoms with E-state index in [9.17, 15) is 0 Å². The van der Waals surface area contributed by atoms with Gasteiger partial charge in [0.1, 0.15) is 5.82 Å². The maximum atomic E-state index is 4.39. The molecule has 2 atom stereocenters. The van der Waals surface area contributed by atoms with Crippen molar-refractivity contribution in [3.05, 3.63) is 72.3 Å². The Bertz CT molecular complexity index is 661. The Balaban J connectivity index is 1.73. The molecule has 24 heavy (non-hydrogen) atoms. The largest absolute Gasteiger partial charge is 0.390 e. The van der Waals surface area contributed by atoms with Gasteiger partial charge in [-0.25, -0.2) is 0 Å². The van der Waals surface area contributed by atoms with E-state index in [2.05, 4.69) is 66.0 Å². The summed E-state index contributed by atoms with van der Waals surface area (Å²) in [5, 5.41) is 3.18. The third-order valence-corrected chi connectivity index (χ3v) is 5.50. The van der Waals surface area contributed by atoms with E-state index in [0.717, 1.165) is 36.7 Å². The highest BCUT2D eigenvalue weighted by molar-refractivity contribution is 5.31. The van der Waals surface area contributed by atoms with E-state index >= 15 is 0 Å². The van der Waals surface area contributed by atoms with Crippen LogP contribution in [0.15, 0.2) is 61.2 Å². The van der Waals surface area contributed by atoms with E-state index in [1.807, 2.05) is 7.05 Å². The number of aryl methyl sites for hydroxylation is 1. The average molecular weight is 323 g/mol. The van der Waals surface area contributed by atoms with Crippen molar-refractivity contribution in [2.24, 2.45) is 0 Å². The predicted octanol–water partition coefficient (Wildman–Crippen LogP) is 3.97. The second-order valence-electron chi connectivity index (χ2n) is 6.99. The van der Waals surface area contributed by atoms with Crippen LogP contribution in [-0.4, -0.2) is 36.0 Å². The molecular weight excluding hydrogens is 294 g/mol. The smallest absolute Gasteiger partial charge is 0.101 e. The molecule has 3 rings (SSSR count). The molecule has 128 valence electrons. The Hall–Kier alpha value is -2.16. The number of hydrogen-bond acceptors (Lipinski definition) is 3. The van der Waals surface area contributed by atoms with E-state index in [0.29, 0.717) is 5.92 Å². The molecule has 2 fully saturated rings. The SMILES string of the molecule is C=C(NC)C1CC(=C)N1C(=C)N1CCCC(c2ccccc2C)C1. The number of nitrogens with one attached hydrogen (secondary N) is 1. The van der Waals surface area contributed by atoms with Crippen molar-refractivity contribution >= 4 is 0 Å². The molecule has 0 aromatic heterocycles. The summed E-state index contributed by atoms with van der Waals surface area (Å²) in [4.78, 5) is 4.68. The summed E-state index contributed by atoms with van der Waals surface area (Å²) in [6.45, 7) is 17.0. The first-order chi connectivity index (χ1) is 11.5. The zero-order valence-electron chi connectivity index (χ0n) is 15.0. The molecule has 2 heterocycles. The van der Waals surface area contributed by atoms with Gasteiger partial charge in [-0.2, -0.15) is 0 Å². The number of hydrogen-bond donors (Lipinski definition) is 1. The fraction of sp³-hybridized carbons (Fsp3) is 0.429. The van der Waals surface area contributed by atoms with Crippen LogP contribution in [0.25, 0.3) is 0 Å². The minimum Gasteiger partial charge on any atom is -0.390 e. The highest BCUT2D eigenvalue weighted by Gasteiger charge is 2.37. The fourth-order valence-corrected chi connectivity index (χ4v) is 3.99. The summed E-state index contributed by atoms with van der Waals surface area (Å²) >= 11 is 0. The molecule has 1 aromatic rings. The van der Waals surface area contributed by atoms with Gasteiger partial charge in [-0.1, -0.05) is 44.0 Å². The molecular formula is C21H29N3. The van der Waals surface area contributed by atoms with Crippen LogP contribution in [-0.2, 0) is 0 Å². The first kappa shape index (κ1) is 16.7. The molecule has 0 aliphatic carbocycles. The number of benzene rings is 1. The van der Waals surface area contributed by atoms with Gasteiger partial charge in [0.05, 0.1) is 6.04 Å². The Labute approximate surface area is 146 Å². The Morgan fingerprint density at radius 3 is 2.67 bits per heavy atom. The maximum absolute atomic E-state index is 4.39.